The molecule has 0 aliphatic heterocycles. The van der Waals surface area contributed by atoms with Crippen molar-refractivity contribution in [3.8, 4) is 5.75 Å². The van der Waals surface area contributed by atoms with E-state index in [1.807, 2.05) is 11.8 Å². The molecule has 0 unspecified atom stereocenters. The number of rotatable bonds is 7. The molecule has 0 aromatic heterocycles. The lowest BCUT2D eigenvalue weighted by Crippen LogP contribution is -2.24. The number of nitrogens with two attached hydrogens (primary N) is 1. The summed E-state index contributed by atoms with van der Waals surface area (Å²) < 4.78 is 0. The van der Waals surface area contributed by atoms with E-state index in [0.717, 1.165) is 18.6 Å². The van der Waals surface area contributed by atoms with Gasteiger partial charge in [-0.25, -0.2) is 0 Å². The highest BCUT2D eigenvalue weighted by Gasteiger charge is 2.11. The van der Waals surface area contributed by atoms with Crippen LogP contribution in [0.1, 0.15) is 29.6 Å². The number of thioether (sulfide) groups is 1. The first-order valence-corrected chi connectivity index (χ1v) is 7.40. The van der Waals surface area contributed by atoms with Crippen molar-refractivity contribution in [2.45, 2.75) is 19.3 Å². The monoisotopic (exact) mass is 268 g/mol. The number of unbranched alkanes of at least 4 members (excludes halogenated alkanes) is 2. The van der Waals surface area contributed by atoms with Gasteiger partial charge in [0.25, 0.3) is 5.91 Å². The molecule has 0 atom stereocenters. The van der Waals surface area contributed by atoms with Crippen LogP contribution in [0.5, 0.6) is 5.75 Å². The molecule has 4 N–H and O–H groups in total. The average molecular weight is 268 g/mol. The van der Waals surface area contributed by atoms with Gasteiger partial charge < -0.3 is 16.2 Å². The van der Waals surface area contributed by atoms with Crippen LogP contribution >= 0.6 is 11.8 Å². The van der Waals surface area contributed by atoms with E-state index in [9.17, 15) is 9.90 Å². The third-order valence-electron chi connectivity index (χ3n) is 2.62. The number of phenols is 1. The van der Waals surface area contributed by atoms with Crippen LogP contribution < -0.4 is 11.1 Å². The molecule has 0 aliphatic carbocycles. The van der Waals surface area contributed by atoms with Crippen molar-refractivity contribution >= 4 is 23.4 Å². The number of hydrogen-bond acceptors (Lipinski definition) is 4. The number of nitrogens with one attached hydrogen (secondary N) is 1. The van der Waals surface area contributed by atoms with Crippen molar-refractivity contribution in [2.24, 2.45) is 0 Å². The molecule has 0 spiro atoms. The van der Waals surface area contributed by atoms with E-state index < -0.39 is 0 Å². The molecule has 1 aromatic rings. The van der Waals surface area contributed by atoms with Gasteiger partial charge in [0.1, 0.15) is 0 Å². The Morgan fingerprint density at radius 1 is 1.39 bits per heavy atom. The van der Waals surface area contributed by atoms with Crippen molar-refractivity contribution < 1.29 is 9.90 Å². The fourth-order valence-electron chi connectivity index (χ4n) is 1.59. The fourth-order valence-corrected chi connectivity index (χ4v) is 2.08. The highest BCUT2D eigenvalue weighted by atomic mass is 32.2. The Morgan fingerprint density at radius 2 is 2.17 bits per heavy atom. The van der Waals surface area contributed by atoms with Gasteiger partial charge in [0, 0.05) is 6.54 Å². The minimum atomic E-state index is -0.273. The van der Waals surface area contributed by atoms with E-state index in [0.29, 0.717) is 6.54 Å². The molecule has 0 radical (unpaired) electrons. The zero-order valence-corrected chi connectivity index (χ0v) is 11.4. The van der Waals surface area contributed by atoms with Crippen LogP contribution in [0.2, 0.25) is 0 Å². The largest absolute Gasteiger partial charge is 0.505 e. The number of amides is 1. The first-order valence-electron chi connectivity index (χ1n) is 6.01. The van der Waals surface area contributed by atoms with Crippen LogP contribution in [0.4, 0.5) is 5.69 Å². The van der Waals surface area contributed by atoms with Gasteiger partial charge in [0.2, 0.25) is 0 Å². The third-order valence-corrected chi connectivity index (χ3v) is 3.32. The van der Waals surface area contributed by atoms with Gasteiger partial charge in [-0.05, 0) is 37.0 Å². The smallest absolute Gasteiger partial charge is 0.255 e. The lowest BCUT2D eigenvalue weighted by Gasteiger charge is -2.08. The summed E-state index contributed by atoms with van der Waals surface area (Å²) in [6.07, 6.45) is 5.31. The second-order valence-corrected chi connectivity index (χ2v) is 5.04. The number of phenolic OH excluding ortho intramolecular Hbond substituents is 1. The van der Waals surface area contributed by atoms with Crippen LogP contribution in [0.15, 0.2) is 18.2 Å². The summed E-state index contributed by atoms with van der Waals surface area (Å²) in [4.78, 5) is 11.8. The summed E-state index contributed by atoms with van der Waals surface area (Å²) in [5.74, 6) is 0.742. The van der Waals surface area contributed by atoms with Crippen LogP contribution in [0, 0.1) is 0 Å². The predicted octanol–water partition coefficient (Wildman–Crippen LogP) is 2.24. The first-order chi connectivity index (χ1) is 8.66. The topological polar surface area (TPSA) is 75.4 Å². The van der Waals surface area contributed by atoms with Crippen molar-refractivity contribution in [1.29, 1.82) is 0 Å². The second-order valence-electron chi connectivity index (χ2n) is 4.05. The average Bonchev–Trinajstić information content (AvgIpc) is 2.36. The third kappa shape index (κ3) is 4.49. The predicted molar refractivity (Wildman–Crippen MR) is 77.1 cm³/mol. The summed E-state index contributed by atoms with van der Waals surface area (Å²) in [6.45, 7) is 0.626. The molecule has 1 aromatic carbocycles. The standard InChI is InChI=1S/C13H20N2O2S/c1-18-9-4-2-3-8-15-13(17)10-6-5-7-11(14)12(10)16/h5-7,16H,2-4,8-9,14H2,1H3,(H,15,17). The summed E-state index contributed by atoms with van der Waals surface area (Å²) in [5.41, 5.74) is 6.00. The van der Waals surface area contributed by atoms with Crippen molar-refractivity contribution in [3.05, 3.63) is 23.8 Å². The first kappa shape index (κ1) is 14.7. The van der Waals surface area contributed by atoms with E-state index in [-0.39, 0.29) is 22.9 Å². The molecule has 1 amide bonds. The number of benzene rings is 1. The number of para-hydroxylation sites is 1. The summed E-state index contributed by atoms with van der Waals surface area (Å²) >= 11 is 1.83. The van der Waals surface area contributed by atoms with Gasteiger partial charge in [-0.1, -0.05) is 12.5 Å². The number of anilines is 1. The van der Waals surface area contributed by atoms with E-state index in [4.69, 9.17) is 5.73 Å². The highest BCUT2D eigenvalue weighted by Crippen LogP contribution is 2.23. The number of aromatic hydroxyl groups is 1. The Labute approximate surface area is 112 Å². The lowest BCUT2D eigenvalue weighted by molar-refractivity contribution is 0.0950. The molecule has 0 fully saturated rings. The SMILES string of the molecule is CSCCCCCNC(=O)c1cccc(N)c1O. The van der Waals surface area contributed by atoms with Crippen LogP contribution in [-0.4, -0.2) is 29.6 Å². The normalized spacial score (nSPS) is 10.3. The quantitative estimate of drug-likeness (QED) is 0.403. The minimum absolute atomic E-state index is 0.141. The highest BCUT2D eigenvalue weighted by molar-refractivity contribution is 7.98. The summed E-state index contributed by atoms with van der Waals surface area (Å²) in [6, 6.07) is 4.78. The van der Waals surface area contributed by atoms with Gasteiger partial charge in [-0.3, -0.25) is 4.79 Å². The van der Waals surface area contributed by atoms with E-state index in [1.165, 1.54) is 6.42 Å². The van der Waals surface area contributed by atoms with Gasteiger partial charge in [-0.2, -0.15) is 11.8 Å². The number of carbonyl (C=O) groups excluding carboxylic acids is 1. The molecule has 18 heavy (non-hydrogen) atoms. The zero-order chi connectivity index (χ0) is 13.4. The maximum Gasteiger partial charge on any atom is 0.255 e. The maximum atomic E-state index is 11.8. The molecule has 4 nitrogen and oxygen atoms in total. The second kappa shape index (κ2) is 7.87. The summed E-state index contributed by atoms with van der Waals surface area (Å²) in [5, 5.41) is 12.4. The van der Waals surface area contributed by atoms with Crippen molar-refractivity contribution in [3.63, 3.8) is 0 Å². The maximum absolute atomic E-state index is 11.8. The Morgan fingerprint density at radius 3 is 2.89 bits per heavy atom. The van der Waals surface area contributed by atoms with Crippen LogP contribution in [-0.2, 0) is 0 Å². The zero-order valence-electron chi connectivity index (χ0n) is 10.6. The number of carbonyl (C=O) groups is 1. The number of nitrogen functional groups attached to an aromatic ring is 1. The van der Waals surface area contributed by atoms with Gasteiger partial charge in [0.15, 0.2) is 5.75 Å². The molecule has 5 heteroatoms. The van der Waals surface area contributed by atoms with Crippen molar-refractivity contribution in [2.75, 3.05) is 24.3 Å². The molecule has 0 aliphatic rings. The van der Waals surface area contributed by atoms with E-state index in [1.54, 1.807) is 18.2 Å². The Balaban J connectivity index is 2.35. The minimum Gasteiger partial charge on any atom is -0.505 e. The summed E-state index contributed by atoms with van der Waals surface area (Å²) in [7, 11) is 0. The Kier molecular flexibility index (Phi) is 6.43. The van der Waals surface area contributed by atoms with Gasteiger partial charge in [0.05, 0.1) is 11.3 Å². The molecular formula is C13H20N2O2S. The molecule has 0 bridgehead atoms. The van der Waals surface area contributed by atoms with E-state index >= 15 is 0 Å². The van der Waals surface area contributed by atoms with Crippen LogP contribution in [0.3, 0.4) is 0 Å². The molecule has 1 rings (SSSR count). The fraction of sp³-hybridized carbons (Fsp3) is 0.462. The number of hydrogen-bond donors (Lipinski definition) is 3. The lowest BCUT2D eigenvalue weighted by atomic mass is 10.1. The molecule has 0 saturated heterocycles. The van der Waals surface area contributed by atoms with Crippen molar-refractivity contribution in [1.82, 2.24) is 5.32 Å². The van der Waals surface area contributed by atoms with Gasteiger partial charge in [-0.15, -0.1) is 0 Å². The van der Waals surface area contributed by atoms with Gasteiger partial charge >= 0.3 is 0 Å². The van der Waals surface area contributed by atoms with Crippen LogP contribution in [0.25, 0.3) is 0 Å². The van der Waals surface area contributed by atoms with E-state index in [2.05, 4.69) is 11.6 Å². The molecular weight excluding hydrogens is 248 g/mol. The molecule has 100 valence electrons. The Bertz CT molecular complexity index is 397. The molecule has 0 saturated carbocycles. The molecule has 0 heterocycles. The Hall–Kier alpha value is -1.36.